The normalized spacial score (nSPS) is 16.8. The van der Waals surface area contributed by atoms with Crippen molar-refractivity contribution in [2.75, 3.05) is 25.4 Å². The minimum Gasteiger partial charge on any atom is -0.353 e. The molecule has 1 aromatic heterocycles. The van der Waals surface area contributed by atoms with E-state index in [1.54, 1.807) is 4.57 Å². The van der Waals surface area contributed by atoms with E-state index in [1.807, 2.05) is 6.92 Å². The van der Waals surface area contributed by atoms with Crippen LogP contribution in [0, 0.1) is 0 Å². The lowest BCUT2D eigenvalue weighted by atomic mass is 10.1. The van der Waals surface area contributed by atoms with E-state index in [9.17, 15) is 9.59 Å². The molecular formula is C14H25N5O2S. The third-order valence-corrected chi connectivity index (χ3v) is 4.88. The van der Waals surface area contributed by atoms with E-state index in [1.165, 1.54) is 11.8 Å². The van der Waals surface area contributed by atoms with Crippen LogP contribution in [0.4, 0.5) is 0 Å². The Hall–Kier alpha value is -1.28. The van der Waals surface area contributed by atoms with Gasteiger partial charge in [0.15, 0.2) is 5.16 Å². The quantitative estimate of drug-likeness (QED) is 0.720. The minimum absolute atomic E-state index is 0.0124. The summed E-state index contributed by atoms with van der Waals surface area (Å²) >= 11 is 1.31. The van der Waals surface area contributed by atoms with Crippen molar-refractivity contribution in [1.29, 1.82) is 0 Å². The van der Waals surface area contributed by atoms with Crippen molar-refractivity contribution in [2.24, 2.45) is 0 Å². The number of H-pyrrole nitrogens is 1. The Morgan fingerprint density at radius 2 is 2.14 bits per heavy atom. The predicted octanol–water partition coefficient (Wildman–Crippen LogP) is 0.674. The van der Waals surface area contributed by atoms with Crippen LogP contribution in [0.1, 0.15) is 33.1 Å². The molecule has 2 heterocycles. The summed E-state index contributed by atoms with van der Waals surface area (Å²) in [5, 5.41) is 10.1. The van der Waals surface area contributed by atoms with Crippen molar-refractivity contribution in [3.8, 4) is 0 Å². The second kappa shape index (κ2) is 8.38. The molecular weight excluding hydrogens is 302 g/mol. The van der Waals surface area contributed by atoms with E-state index in [-0.39, 0.29) is 17.6 Å². The number of nitrogens with zero attached hydrogens (tertiary/aromatic N) is 3. The number of piperidine rings is 1. The number of thioether (sulfide) groups is 1. The van der Waals surface area contributed by atoms with Gasteiger partial charge in [-0.3, -0.25) is 9.36 Å². The zero-order valence-corrected chi connectivity index (χ0v) is 14.1. The van der Waals surface area contributed by atoms with Crippen LogP contribution >= 0.6 is 11.8 Å². The monoisotopic (exact) mass is 327 g/mol. The first-order valence-corrected chi connectivity index (χ1v) is 8.92. The first-order valence-electron chi connectivity index (χ1n) is 7.93. The highest BCUT2D eigenvalue weighted by atomic mass is 32.2. The first kappa shape index (κ1) is 17.1. The van der Waals surface area contributed by atoms with Gasteiger partial charge in [0, 0.05) is 25.7 Å². The number of carbonyl (C=O) groups is 1. The van der Waals surface area contributed by atoms with E-state index in [0.29, 0.717) is 17.5 Å². The molecule has 2 rings (SSSR count). The Morgan fingerprint density at radius 1 is 1.41 bits per heavy atom. The third kappa shape index (κ3) is 4.61. The second-order valence-electron chi connectivity index (χ2n) is 5.53. The molecule has 1 aliphatic rings. The number of aromatic amines is 1. The molecule has 124 valence electrons. The summed E-state index contributed by atoms with van der Waals surface area (Å²) in [5.74, 6) is 0.306. The fourth-order valence-corrected chi connectivity index (χ4v) is 3.41. The maximum absolute atomic E-state index is 12.0. The lowest BCUT2D eigenvalue weighted by Crippen LogP contribution is -2.45. The second-order valence-corrected chi connectivity index (χ2v) is 6.47. The van der Waals surface area contributed by atoms with Crippen LogP contribution < -0.4 is 11.0 Å². The minimum atomic E-state index is -0.211. The number of likely N-dealkylation sites (tertiary alicyclic amines) is 1. The van der Waals surface area contributed by atoms with Crippen LogP contribution in [0.15, 0.2) is 9.95 Å². The van der Waals surface area contributed by atoms with E-state index < -0.39 is 0 Å². The molecule has 8 heteroatoms. The van der Waals surface area contributed by atoms with Crippen molar-refractivity contribution in [3.63, 3.8) is 0 Å². The van der Waals surface area contributed by atoms with E-state index in [0.717, 1.165) is 38.9 Å². The number of carbonyl (C=O) groups excluding carboxylic acids is 1. The Balaban J connectivity index is 1.77. The Kier molecular flexibility index (Phi) is 6.50. The summed E-state index contributed by atoms with van der Waals surface area (Å²) in [6.07, 6.45) is 2.87. The number of nitrogens with one attached hydrogen (secondary N) is 2. The zero-order chi connectivity index (χ0) is 15.9. The van der Waals surface area contributed by atoms with Crippen molar-refractivity contribution < 1.29 is 4.79 Å². The lowest BCUT2D eigenvalue weighted by molar-refractivity contribution is -0.119. The van der Waals surface area contributed by atoms with Gasteiger partial charge in [-0.05, 0) is 25.8 Å². The van der Waals surface area contributed by atoms with Gasteiger partial charge in [0.05, 0.1) is 5.75 Å². The van der Waals surface area contributed by atoms with Crippen LogP contribution in [0.3, 0.4) is 0 Å². The van der Waals surface area contributed by atoms with Crippen LogP contribution in [0.25, 0.3) is 0 Å². The van der Waals surface area contributed by atoms with Crippen molar-refractivity contribution in [2.45, 2.75) is 50.9 Å². The van der Waals surface area contributed by atoms with Gasteiger partial charge in [-0.15, -0.1) is 5.10 Å². The highest BCUT2D eigenvalue weighted by molar-refractivity contribution is 7.99. The summed E-state index contributed by atoms with van der Waals surface area (Å²) in [6.45, 7) is 7.95. The SMILES string of the molecule is CCCn1c(SCC(=O)NC2CCN(CC)CC2)n[nH]c1=O. The molecule has 0 radical (unpaired) electrons. The highest BCUT2D eigenvalue weighted by Gasteiger charge is 2.20. The third-order valence-electron chi connectivity index (χ3n) is 3.90. The van der Waals surface area contributed by atoms with Crippen molar-refractivity contribution >= 4 is 17.7 Å². The number of rotatable bonds is 7. The molecule has 22 heavy (non-hydrogen) atoms. The van der Waals surface area contributed by atoms with Gasteiger partial charge in [0.25, 0.3) is 0 Å². The van der Waals surface area contributed by atoms with Crippen LogP contribution in [0.2, 0.25) is 0 Å². The molecule has 1 saturated heterocycles. The van der Waals surface area contributed by atoms with E-state index >= 15 is 0 Å². The molecule has 0 aliphatic carbocycles. The number of amides is 1. The van der Waals surface area contributed by atoms with Gasteiger partial charge >= 0.3 is 5.69 Å². The Labute approximate surface area is 134 Å². The largest absolute Gasteiger partial charge is 0.353 e. The molecule has 1 aromatic rings. The van der Waals surface area contributed by atoms with E-state index in [4.69, 9.17) is 0 Å². The molecule has 7 nitrogen and oxygen atoms in total. The molecule has 0 unspecified atom stereocenters. The summed E-state index contributed by atoms with van der Waals surface area (Å²) in [6, 6.07) is 0.271. The maximum Gasteiger partial charge on any atom is 0.343 e. The summed E-state index contributed by atoms with van der Waals surface area (Å²) in [4.78, 5) is 26.0. The number of hydrogen-bond donors (Lipinski definition) is 2. The van der Waals surface area contributed by atoms with E-state index in [2.05, 4.69) is 27.3 Å². The van der Waals surface area contributed by atoms with Gasteiger partial charge in [-0.2, -0.15) is 0 Å². The smallest absolute Gasteiger partial charge is 0.343 e. The first-order chi connectivity index (χ1) is 10.6. The van der Waals surface area contributed by atoms with Gasteiger partial charge < -0.3 is 10.2 Å². The van der Waals surface area contributed by atoms with Gasteiger partial charge in [0.2, 0.25) is 5.91 Å². The predicted molar refractivity (Wildman–Crippen MR) is 87.1 cm³/mol. The topological polar surface area (TPSA) is 83.0 Å². The average Bonchev–Trinajstić information content (AvgIpc) is 2.87. The Bertz CT molecular complexity index is 534. The van der Waals surface area contributed by atoms with Crippen LogP contribution in [-0.2, 0) is 11.3 Å². The van der Waals surface area contributed by atoms with Gasteiger partial charge in [-0.1, -0.05) is 25.6 Å². The number of aromatic nitrogens is 3. The zero-order valence-electron chi connectivity index (χ0n) is 13.3. The van der Waals surface area contributed by atoms with Crippen molar-refractivity contribution in [1.82, 2.24) is 25.0 Å². The van der Waals surface area contributed by atoms with Crippen LogP contribution in [0.5, 0.6) is 0 Å². The maximum atomic E-state index is 12.0. The molecule has 1 amide bonds. The molecule has 1 fully saturated rings. The highest BCUT2D eigenvalue weighted by Crippen LogP contribution is 2.14. The molecule has 0 bridgehead atoms. The Morgan fingerprint density at radius 3 is 2.77 bits per heavy atom. The molecule has 2 N–H and O–H groups in total. The molecule has 0 atom stereocenters. The summed E-state index contributed by atoms with van der Waals surface area (Å²) in [7, 11) is 0. The van der Waals surface area contributed by atoms with Gasteiger partial charge in [-0.25, -0.2) is 9.89 Å². The van der Waals surface area contributed by atoms with Gasteiger partial charge in [0.1, 0.15) is 0 Å². The lowest BCUT2D eigenvalue weighted by Gasteiger charge is -2.31. The molecule has 0 aromatic carbocycles. The number of hydrogen-bond acceptors (Lipinski definition) is 5. The standard InChI is InChI=1S/C14H25N5O2S/c1-3-7-19-13(21)16-17-14(19)22-10-12(20)15-11-5-8-18(4-2)9-6-11/h11H,3-10H2,1-2H3,(H,15,20)(H,16,21). The summed E-state index contributed by atoms with van der Waals surface area (Å²) in [5.41, 5.74) is -0.211. The average molecular weight is 327 g/mol. The molecule has 1 aliphatic heterocycles. The summed E-state index contributed by atoms with van der Waals surface area (Å²) < 4.78 is 1.58. The molecule has 0 saturated carbocycles. The fourth-order valence-electron chi connectivity index (χ4n) is 2.63. The van der Waals surface area contributed by atoms with Crippen LogP contribution in [-0.4, -0.2) is 57.0 Å². The van der Waals surface area contributed by atoms with Crippen molar-refractivity contribution in [3.05, 3.63) is 10.5 Å². The fraction of sp³-hybridized carbons (Fsp3) is 0.786. The molecule has 0 spiro atoms.